The zero-order chi connectivity index (χ0) is 27.2. The highest BCUT2D eigenvalue weighted by Crippen LogP contribution is 2.33. The van der Waals surface area contributed by atoms with Crippen molar-refractivity contribution >= 4 is 29.4 Å². The molecule has 1 atom stereocenters. The van der Waals surface area contributed by atoms with Crippen LogP contribution in [0.3, 0.4) is 0 Å². The molecule has 0 bridgehead atoms. The molecule has 1 unspecified atom stereocenters. The third-order valence-electron chi connectivity index (χ3n) is 6.80. The molecule has 11 nitrogen and oxygen atoms in total. The van der Waals surface area contributed by atoms with Gasteiger partial charge in [0.1, 0.15) is 11.6 Å². The summed E-state index contributed by atoms with van der Waals surface area (Å²) in [4.78, 5) is 53.9. The van der Waals surface area contributed by atoms with Crippen LogP contribution in [0.15, 0.2) is 42.9 Å². The molecule has 0 spiro atoms. The van der Waals surface area contributed by atoms with Gasteiger partial charge in [-0.3, -0.25) is 33.7 Å². The number of hydrogen-bond donors (Lipinski definition) is 2. The molecule has 4 heterocycles. The molecule has 5 rings (SSSR count). The number of anilines is 1. The molecular formula is C27H32N6O5. The van der Waals surface area contributed by atoms with E-state index >= 15 is 0 Å². The summed E-state index contributed by atoms with van der Waals surface area (Å²) >= 11 is 0. The van der Waals surface area contributed by atoms with E-state index in [0.29, 0.717) is 43.9 Å². The van der Waals surface area contributed by atoms with Crippen molar-refractivity contribution < 1.29 is 23.9 Å². The van der Waals surface area contributed by atoms with Gasteiger partial charge in [0.25, 0.3) is 11.8 Å². The summed E-state index contributed by atoms with van der Waals surface area (Å²) in [5, 5.41) is 10.4. The minimum Gasteiger partial charge on any atom is -0.459 e. The van der Waals surface area contributed by atoms with Gasteiger partial charge in [0.05, 0.1) is 29.9 Å². The van der Waals surface area contributed by atoms with E-state index < -0.39 is 29.4 Å². The number of aromatic nitrogens is 2. The number of nitrogens with zero attached hydrogens (tertiary/aromatic N) is 4. The van der Waals surface area contributed by atoms with E-state index in [1.54, 1.807) is 24.4 Å². The summed E-state index contributed by atoms with van der Waals surface area (Å²) in [5.41, 5.74) is 2.09. The normalized spacial score (nSPS) is 20.3. The number of esters is 1. The van der Waals surface area contributed by atoms with Crippen LogP contribution >= 0.6 is 0 Å². The summed E-state index contributed by atoms with van der Waals surface area (Å²) in [6.07, 6.45) is 4.56. The topological polar surface area (TPSA) is 126 Å². The van der Waals surface area contributed by atoms with Crippen molar-refractivity contribution in [2.45, 2.75) is 57.8 Å². The molecule has 3 aliphatic rings. The Morgan fingerprint density at radius 3 is 2.68 bits per heavy atom. The number of rotatable bonds is 7. The van der Waals surface area contributed by atoms with Crippen molar-refractivity contribution in [2.24, 2.45) is 0 Å². The molecule has 1 aromatic carbocycles. The molecule has 3 aliphatic heterocycles. The Morgan fingerprint density at radius 1 is 1.21 bits per heavy atom. The molecule has 0 saturated carbocycles. The van der Waals surface area contributed by atoms with E-state index in [2.05, 4.69) is 22.3 Å². The number of ether oxygens (including phenoxy) is 1. The predicted molar refractivity (Wildman–Crippen MR) is 138 cm³/mol. The van der Waals surface area contributed by atoms with Gasteiger partial charge < -0.3 is 15.4 Å². The molecule has 200 valence electrons. The molecule has 1 aromatic heterocycles. The fourth-order valence-electron chi connectivity index (χ4n) is 5.00. The Bertz CT molecular complexity index is 1320. The summed E-state index contributed by atoms with van der Waals surface area (Å²) in [6, 6.07) is 4.39. The summed E-state index contributed by atoms with van der Waals surface area (Å²) in [6.45, 7) is 11.4. The van der Waals surface area contributed by atoms with Crippen LogP contribution in [0.2, 0.25) is 0 Å². The zero-order valence-corrected chi connectivity index (χ0v) is 21.8. The summed E-state index contributed by atoms with van der Waals surface area (Å²) < 4.78 is 7.26. The lowest BCUT2D eigenvalue weighted by molar-refractivity contribution is -0.157. The van der Waals surface area contributed by atoms with Crippen LogP contribution in [0.4, 0.5) is 5.69 Å². The summed E-state index contributed by atoms with van der Waals surface area (Å²) in [7, 11) is 0. The van der Waals surface area contributed by atoms with Crippen LogP contribution in [0, 0.1) is 0 Å². The second-order valence-electron chi connectivity index (χ2n) is 11.0. The molecule has 2 saturated heterocycles. The van der Waals surface area contributed by atoms with Crippen molar-refractivity contribution in [3.63, 3.8) is 0 Å². The number of likely N-dealkylation sites (tertiary alicyclic amines) is 1. The molecule has 2 N–H and O–H groups in total. The van der Waals surface area contributed by atoms with E-state index in [-0.39, 0.29) is 29.7 Å². The Hall–Kier alpha value is -3.99. The van der Waals surface area contributed by atoms with Gasteiger partial charge in [-0.25, -0.2) is 0 Å². The van der Waals surface area contributed by atoms with Gasteiger partial charge >= 0.3 is 5.97 Å². The zero-order valence-electron chi connectivity index (χ0n) is 21.8. The van der Waals surface area contributed by atoms with E-state index in [4.69, 9.17) is 4.74 Å². The van der Waals surface area contributed by atoms with Gasteiger partial charge in [0.15, 0.2) is 0 Å². The molecule has 38 heavy (non-hydrogen) atoms. The summed E-state index contributed by atoms with van der Waals surface area (Å²) in [5.74, 6) is -1.57. The number of allylic oxidation sites excluding steroid dienone is 1. The standard InChI is InChI=1S/C27H32N6O5/c1-16-8-9-21(24(35)30-16)33-25(36)19-6-5-7-20(23(19)26(33)37)28-10-17-11-29-32(12-17)18-13-31(14-18)15-22(34)38-27(2,3)4/h5-7,11-12,18,21,28H,1,8-10,13-15H2,2-4H3,(H,30,35). The number of imide groups is 1. The minimum atomic E-state index is -0.851. The van der Waals surface area contributed by atoms with Crippen molar-refractivity contribution in [1.29, 1.82) is 0 Å². The molecule has 11 heteroatoms. The Balaban J connectivity index is 1.19. The molecule has 3 amide bonds. The maximum Gasteiger partial charge on any atom is 0.320 e. The van der Waals surface area contributed by atoms with Gasteiger partial charge in [-0.2, -0.15) is 5.10 Å². The third kappa shape index (κ3) is 5.06. The number of carbonyl (C=O) groups is 4. The third-order valence-corrected chi connectivity index (χ3v) is 6.80. The number of nitrogens with one attached hydrogen (secondary N) is 2. The molecule has 2 aromatic rings. The first-order chi connectivity index (χ1) is 18.0. The number of benzene rings is 1. The number of hydrogen-bond acceptors (Lipinski definition) is 8. The fraction of sp³-hybridized carbons (Fsp3) is 0.444. The van der Waals surface area contributed by atoms with Crippen molar-refractivity contribution in [2.75, 3.05) is 25.0 Å². The molecular weight excluding hydrogens is 488 g/mol. The van der Waals surface area contributed by atoms with Crippen LogP contribution in [0.1, 0.15) is 65.9 Å². The lowest BCUT2D eigenvalue weighted by atomic mass is 10.0. The Morgan fingerprint density at radius 2 is 1.97 bits per heavy atom. The Labute approximate surface area is 220 Å². The van der Waals surface area contributed by atoms with E-state index in [0.717, 1.165) is 10.5 Å². The van der Waals surface area contributed by atoms with Crippen molar-refractivity contribution in [3.05, 3.63) is 59.6 Å². The van der Waals surface area contributed by atoms with E-state index in [1.165, 1.54) is 0 Å². The average molecular weight is 521 g/mol. The smallest absolute Gasteiger partial charge is 0.320 e. The van der Waals surface area contributed by atoms with Gasteiger partial charge in [-0.05, 0) is 45.7 Å². The van der Waals surface area contributed by atoms with Crippen LogP contribution in [0.5, 0.6) is 0 Å². The first-order valence-electron chi connectivity index (χ1n) is 12.7. The lowest BCUT2D eigenvalue weighted by Crippen LogP contribution is -2.51. The van der Waals surface area contributed by atoms with Crippen LogP contribution in [-0.2, 0) is 20.9 Å². The van der Waals surface area contributed by atoms with Crippen molar-refractivity contribution in [3.8, 4) is 0 Å². The molecule has 0 aliphatic carbocycles. The monoisotopic (exact) mass is 520 g/mol. The fourth-order valence-corrected chi connectivity index (χ4v) is 5.00. The number of carbonyl (C=O) groups excluding carboxylic acids is 4. The highest BCUT2D eigenvalue weighted by atomic mass is 16.6. The Kier molecular flexibility index (Phi) is 6.56. The maximum atomic E-state index is 13.3. The van der Waals surface area contributed by atoms with Crippen LogP contribution < -0.4 is 10.6 Å². The van der Waals surface area contributed by atoms with Gasteiger partial charge in [0, 0.05) is 42.8 Å². The minimum absolute atomic E-state index is 0.164. The van der Waals surface area contributed by atoms with Gasteiger partial charge in [-0.1, -0.05) is 12.6 Å². The predicted octanol–water partition coefficient (Wildman–Crippen LogP) is 2.08. The number of piperidine rings is 1. The first kappa shape index (κ1) is 25.7. The number of fused-ring (bicyclic) bond motifs is 1. The van der Waals surface area contributed by atoms with Gasteiger partial charge in [0.2, 0.25) is 5.91 Å². The largest absolute Gasteiger partial charge is 0.459 e. The number of amides is 3. The van der Waals surface area contributed by atoms with Crippen LogP contribution in [-0.4, -0.2) is 74.5 Å². The maximum absolute atomic E-state index is 13.3. The van der Waals surface area contributed by atoms with E-state index in [1.807, 2.05) is 36.5 Å². The molecule has 2 fully saturated rings. The highest BCUT2D eigenvalue weighted by Gasteiger charge is 2.45. The molecule has 0 radical (unpaired) electrons. The SMILES string of the molecule is C=C1CCC(N2C(=O)c3cccc(NCc4cnn(C5CN(CC(=O)OC(C)(C)C)C5)c4)c3C2=O)C(=O)N1. The lowest BCUT2D eigenvalue weighted by Gasteiger charge is -2.38. The van der Waals surface area contributed by atoms with Crippen LogP contribution in [0.25, 0.3) is 0 Å². The average Bonchev–Trinajstić information content (AvgIpc) is 3.37. The highest BCUT2D eigenvalue weighted by molar-refractivity contribution is 6.25. The second-order valence-corrected chi connectivity index (χ2v) is 11.0. The van der Waals surface area contributed by atoms with Gasteiger partial charge in [-0.15, -0.1) is 0 Å². The van der Waals surface area contributed by atoms with Crippen molar-refractivity contribution in [1.82, 2.24) is 24.9 Å². The second kappa shape index (κ2) is 9.71. The first-order valence-corrected chi connectivity index (χ1v) is 12.7. The quantitative estimate of drug-likeness (QED) is 0.420. The van der Waals surface area contributed by atoms with E-state index in [9.17, 15) is 19.2 Å².